The minimum absolute atomic E-state index is 0.302. The second kappa shape index (κ2) is 7.32. The Balaban J connectivity index is 1.85. The number of hydrogen-bond acceptors (Lipinski definition) is 2. The molecule has 1 aliphatic heterocycles. The summed E-state index contributed by atoms with van der Waals surface area (Å²) in [7, 11) is 1.70. The van der Waals surface area contributed by atoms with E-state index in [1.54, 1.807) is 7.11 Å². The van der Waals surface area contributed by atoms with E-state index in [-0.39, 0.29) is 0 Å². The Bertz CT molecular complexity index is 444. The summed E-state index contributed by atoms with van der Waals surface area (Å²) in [6, 6.07) is 8.28. The van der Waals surface area contributed by atoms with Crippen LogP contribution in [0.4, 0.5) is 0 Å². The molecule has 1 aromatic rings. The monoisotopic (exact) mass is 275 g/mol. The fraction of sp³-hybridized carbons (Fsp3) is 0.588. The first-order valence-electron chi connectivity index (χ1n) is 7.63. The average Bonchev–Trinajstić information content (AvgIpc) is 2.52. The summed E-state index contributed by atoms with van der Waals surface area (Å²) in [5, 5.41) is 0. The number of benzene rings is 1. The second-order valence-corrected chi connectivity index (χ2v) is 5.59. The normalized spacial score (nSPS) is 18.9. The highest BCUT2D eigenvalue weighted by Gasteiger charge is 2.22. The van der Waals surface area contributed by atoms with Gasteiger partial charge >= 0.3 is 0 Å². The lowest BCUT2D eigenvalue weighted by molar-refractivity contribution is -0.132. The minimum Gasteiger partial charge on any atom is -0.497 e. The number of aryl methyl sites for hydroxylation is 1. The third-order valence-electron chi connectivity index (χ3n) is 4.15. The quantitative estimate of drug-likeness (QED) is 0.825. The van der Waals surface area contributed by atoms with E-state index in [0.29, 0.717) is 18.2 Å². The minimum atomic E-state index is 0.302. The van der Waals surface area contributed by atoms with Crippen LogP contribution in [0.1, 0.15) is 38.2 Å². The van der Waals surface area contributed by atoms with Gasteiger partial charge in [-0.25, -0.2) is 0 Å². The molecule has 1 saturated heterocycles. The van der Waals surface area contributed by atoms with Gasteiger partial charge in [0, 0.05) is 19.5 Å². The van der Waals surface area contributed by atoms with Gasteiger partial charge in [-0.05, 0) is 49.3 Å². The standard InChI is InChI=1S/C17H25NO2/c1-3-17(19)18-11-5-7-15(13-18)10-9-14-6-4-8-16(12-14)20-2/h4,6,8,12,15H,3,5,7,9-11,13H2,1-2H3/t15-/m0/s1. The summed E-state index contributed by atoms with van der Waals surface area (Å²) >= 11 is 0. The number of methoxy groups -OCH3 is 1. The van der Waals surface area contributed by atoms with Gasteiger partial charge in [-0.1, -0.05) is 19.1 Å². The Hall–Kier alpha value is -1.51. The van der Waals surface area contributed by atoms with Crippen LogP contribution in [0.25, 0.3) is 0 Å². The topological polar surface area (TPSA) is 29.5 Å². The number of rotatable bonds is 5. The number of nitrogens with zero attached hydrogens (tertiary/aromatic N) is 1. The third-order valence-corrected chi connectivity index (χ3v) is 4.15. The molecule has 1 atom stereocenters. The highest BCUT2D eigenvalue weighted by Crippen LogP contribution is 2.23. The highest BCUT2D eigenvalue weighted by atomic mass is 16.5. The molecule has 0 aromatic heterocycles. The summed E-state index contributed by atoms with van der Waals surface area (Å²) in [4.78, 5) is 13.8. The molecule has 20 heavy (non-hydrogen) atoms. The molecule has 3 nitrogen and oxygen atoms in total. The largest absolute Gasteiger partial charge is 0.497 e. The second-order valence-electron chi connectivity index (χ2n) is 5.59. The number of piperidine rings is 1. The van der Waals surface area contributed by atoms with Crippen LogP contribution < -0.4 is 4.74 Å². The van der Waals surface area contributed by atoms with Gasteiger partial charge in [-0.15, -0.1) is 0 Å². The number of ether oxygens (including phenoxy) is 1. The smallest absolute Gasteiger partial charge is 0.222 e. The van der Waals surface area contributed by atoms with Gasteiger partial charge in [0.15, 0.2) is 0 Å². The molecule has 0 radical (unpaired) electrons. The Kier molecular flexibility index (Phi) is 5.45. The molecule has 1 aliphatic rings. The van der Waals surface area contributed by atoms with Gasteiger partial charge in [0.25, 0.3) is 0 Å². The maximum Gasteiger partial charge on any atom is 0.222 e. The van der Waals surface area contributed by atoms with Gasteiger partial charge in [-0.2, -0.15) is 0 Å². The molecule has 0 spiro atoms. The molecule has 1 amide bonds. The first-order chi connectivity index (χ1) is 9.72. The lowest BCUT2D eigenvalue weighted by Crippen LogP contribution is -2.39. The van der Waals surface area contributed by atoms with Crippen LogP contribution in [0.2, 0.25) is 0 Å². The lowest BCUT2D eigenvalue weighted by atomic mass is 9.91. The van der Waals surface area contributed by atoms with E-state index < -0.39 is 0 Å². The van der Waals surface area contributed by atoms with E-state index >= 15 is 0 Å². The van der Waals surface area contributed by atoms with E-state index in [0.717, 1.165) is 38.1 Å². The zero-order valence-electron chi connectivity index (χ0n) is 12.6. The van der Waals surface area contributed by atoms with Crippen LogP contribution in [0, 0.1) is 5.92 Å². The molecule has 3 heteroatoms. The highest BCUT2D eigenvalue weighted by molar-refractivity contribution is 5.75. The van der Waals surface area contributed by atoms with Gasteiger partial charge in [0.1, 0.15) is 5.75 Å². The fourth-order valence-corrected chi connectivity index (χ4v) is 2.95. The third kappa shape index (κ3) is 3.99. The molecule has 0 saturated carbocycles. The maximum absolute atomic E-state index is 11.8. The molecule has 2 rings (SSSR count). The zero-order chi connectivity index (χ0) is 14.4. The van der Waals surface area contributed by atoms with Crippen molar-refractivity contribution < 1.29 is 9.53 Å². The molecular formula is C17H25NO2. The molecule has 1 fully saturated rings. The number of amides is 1. The maximum atomic E-state index is 11.8. The average molecular weight is 275 g/mol. The van der Waals surface area contributed by atoms with Crippen LogP contribution in [0.5, 0.6) is 5.75 Å². The predicted octanol–water partition coefficient (Wildman–Crippen LogP) is 3.28. The Labute approximate surface area is 121 Å². The van der Waals surface area contributed by atoms with Gasteiger partial charge < -0.3 is 9.64 Å². The first-order valence-corrected chi connectivity index (χ1v) is 7.63. The molecule has 0 bridgehead atoms. The van der Waals surface area contributed by atoms with Crippen molar-refractivity contribution in [3.8, 4) is 5.75 Å². The fourth-order valence-electron chi connectivity index (χ4n) is 2.95. The van der Waals surface area contributed by atoms with E-state index in [1.165, 1.54) is 12.0 Å². The van der Waals surface area contributed by atoms with Gasteiger partial charge in [0.2, 0.25) is 5.91 Å². The summed E-state index contributed by atoms with van der Waals surface area (Å²) in [5.41, 5.74) is 1.32. The van der Waals surface area contributed by atoms with Crippen molar-refractivity contribution in [1.82, 2.24) is 4.90 Å². The van der Waals surface area contributed by atoms with E-state index in [1.807, 2.05) is 24.0 Å². The van der Waals surface area contributed by atoms with Crippen molar-refractivity contribution in [1.29, 1.82) is 0 Å². The van der Waals surface area contributed by atoms with E-state index in [4.69, 9.17) is 4.74 Å². The van der Waals surface area contributed by atoms with Crippen molar-refractivity contribution in [2.24, 2.45) is 5.92 Å². The van der Waals surface area contributed by atoms with Crippen molar-refractivity contribution >= 4 is 5.91 Å². The number of carbonyl (C=O) groups is 1. The summed E-state index contributed by atoms with van der Waals surface area (Å²) in [6.07, 6.45) is 5.24. The number of likely N-dealkylation sites (tertiary alicyclic amines) is 1. The van der Waals surface area contributed by atoms with Crippen LogP contribution >= 0.6 is 0 Å². The zero-order valence-corrected chi connectivity index (χ0v) is 12.6. The SMILES string of the molecule is CCC(=O)N1CCC[C@@H](CCc2cccc(OC)c2)C1. The first kappa shape index (κ1) is 14.9. The predicted molar refractivity (Wildman–Crippen MR) is 80.9 cm³/mol. The van der Waals surface area contributed by atoms with Crippen molar-refractivity contribution in [3.63, 3.8) is 0 Å². The number of carbonyl (C=O) groups excluding carboxylic acids is 1. The molecule has 1 aromatic carbocycles. The van der Waals surface area contributed by atoms with Crippen LogP contribution in [-0.4, -0.2) is 31.0 Å². The van der Waals surface area contributed by atoms with Gasteiger partial charge in [-0.3, -0.25) is 4.79 Å². The van der Waals surface area contributed by atoms with Crippen LogP contribution in [-0.2, 0) is 11.2 Å². The lowest BCUT2D eigenvalue weighted by Gasteiger charge is -2.32. The van der Waals surface area contributed by atoms with Crippen molar-refractivity contribution in [3.05, 3.63) is 29.8 Å². The molecule has 0 unspecified atom stereocenters. The summed E-state index contributed by atoms with van der Waals surface area (Å²) in [5.74, 6) is 1.87. The molecule has 0 N–H and O–H groups in total. The molecule has 110 valence electrons. The Morgan fingerprint density at radius 3 is 3.05 bits per heavy atom. The summed E-state index contributed by atoms with van der Waals surface area (Å²) in [6.45, 7) is 3.83. The number of hydrogen-bond donors (Lipinski definition) is 0. The summed E-state index contributed by atoms with van der Waals surface area (Å²) < 4.78 is 5.26. The van der Waals surface area contributed by atoms with E-state index in [2.05, 4.69) is 12.1 Å². The Morgan fingerprint density at radius 2 is 2.30 bits per heavy atom. The molecule has 0 aliphatic carbocycles. The Morgan fingerprint density at radius 1 is 1.45 bits per heavy atom. The molecular weight excluding hydrogens is 250 g/mol. The van der Waals surface area contributed by atoms with Gasteiger partial charge in [0.05, 0.1) is 7.11 Å². The van der Waals surface area contributed by atoms with Crippen molar-refractivity contribution in [2.45, 2.75) is 39.0 Å². The van der Waals surface area contributed by atoms with Crippen molar-refractivity contribution in [2.75, 3.05) is 20.2 Å². The van der Waals surface area contributed by atoms with Crippen LogP contribution in [0.15, 0.2) is 24.3 Å². The van der Waals surface area contributed by atoms with Crippen LogP contribution in [0.3, 0.4) is 0 Å². The molecule has 1 heterocycles. The van der Waals surface area contributed by atoms with E-state index in [9.17, 15) is 4.79 Å².